The number of carboxylic acid groups (broad SMARTS) is 1. The Hall–Kier alpha value is -2.72. The Balaban J connectivity index is 1.25. The molecule has 5 rings (SSSR count). The number of carbonyl (C=O) groups is 1. The van der Waals surface area contributed by atoms with Gasteiger partial charge in [-0.3, -0.25) is 0 Å². The highest BCUT2D eigenvalue weighted by molar-refractivity contribution is 7.21. The molecule has 1 aliphatic rings. The summed E-state index contributed by atoms with van der Waals surface area (Å²) in [7, 11) is 0. The van der Waals surface area contributed by atoms with E-state index in [-0.39, 0.29) is 4.88 Å². The maximum Gasteiger partial charge on any atom is 0.348 e. The van der Waals surface area contributed by atoms with Crippen LogP contribution in [0.5, 0.6) is 0 Å². The predicted molar refractivity (Wildman–Crippen MR) is 145 cm³/mol. The van der Waals surface area contributed by atoms with E-state index in [1.165, 1.54) is 4.70 Å². The summed E-state index contributed by atoms with van der Waals surface area (Å²) in [5, 5.41) is 27.8. The Bertz CT molecular complexity index is 1360. The van der Waals surface area contributed by atoms with Gasteiger partial charge in [-0.15, -0.1) is 22.7 Å². The van der Waals surface area contributed by atoms with E-state index in [9.17, 15) is 15.0 Å². The fourth-order valence-corrected chi connectivity index (χ4v) is 6.91. The molecule has 4 heterocycles. The average Bonchev–Trinajstić information content (AvgIpc) is 3.44. The monoisotopic (exact) mass is 510 g/mol. The molecule has 4 aromatic rings. The minimum Gasteiger partial charge on any atom is -0.477 e. The number of fused-ring (bicyclic) bond motifs is 2. The Morgan fingerprint density at radius 1 is 1.31 bits per heavy atom. The van der Waals surface area contributed by atoms with E-state index in [1.807, 2.05) is 12.1 Å². The molecule has 1 aliphatic heterocycles. The molecule has 0 radical (unpaired) electrons. The number of anilines is 2. The summed E-state index contributed by atoms with van der Waals surface area (Å²) < 4.78 is 1.20. The van der Waals surface area contributed by atoms with Crippen LogP contribution in [0.1, 0.15) is 53.1 Å². The Labute approximate surface area is 212 Å². The lowest BCUT2D eigenvalue weighted by molar-refractivity contribution is 0.0703. The number of aromatic carboxylic acids is 1. The van der Waals surface area contributed by atoms with Crippen LogP contribution in [0.4, 0.5) is 11.5 Å². The maximum atomic E-state index is 11.6. The fourth-order valence-electron chi connectivity index (χ4n) is 4.93. The maximum absolute atomic E-state index is 11.6. The summed E-state index contributed by atoms with van der Waals surface area (Å²) in [5.74, 6) is -0.110. The van der Waals surface area contributed by atoms with Crippen LogP contribution in [0.2, 0.25) is 0 Å². The van der Waals surface area contributed by atoms with Gasteiger partial charge >= 0.3 is 5.97 Å². The number of nitrogens with one attached hydrogen (secondary N) is 1. The molecule has 0 amide bonds. The molecule has 9 heteroatoms. The van der Waals surface area contributed by atoms with Crippen LogP contribution in [0.3, 0.4) is 0 Å². The second-order valence-corrected chi connectivity index (χ2v) is 11.0. The van der Waals surface area contributed by atoms with E-state index >= 15 is 0 Å². The number of aromatic nitrogens is 1. The van der Waals surface area contributed by atoms with Crippen molar-refractivity contribution in [2.24, 2.45) is 0 Å². The summed E-state index contributed by atoms with van der Waals surface area (Å²) in [5.41, 5.74) is 8.58. The third-order valence-electron chi connectivity index (χ3n) is 6.77. The number of aliphatic hydroxyl groups excluding tert-OH is 1. The molecule has 1 unspecified atom stereocenters. The number of thiophene rings is 2. The van der Waals surface area contributed by atoms with Crippen LogP contribution in [-0.4, -0.2) is 46.8 Å². The molecular weight excluding hydrogens is 480 g/mol. The van der Waals surface area contributed by atoms with Crippen LogP contribution in [0.25, 0.3) is 20.3 Å². The molecule has 35 heavy (non-hydrogen) atoms. The van der Waals surface area contributed by atoms with Crippen molar-refractivity contribution in [3.63, 3.8) is 0 Å². The number of aryl methyl sites for hydroxylation is 1. The van der Waals surface area contributed by atoms with Crippen molar-refractivity contribution < 1.29 is 15.0 Å². The molecule has 1 aromatic carbocycles. The quantitative estimate of drug-likeness (QED) is 0.263. The molecule has 7 nitrogen and oxygen atoms in total. The lowest BCUT2D eigenvalue weighted by Gasteiger charge is -2.34. The Kier molecular flexibility index (Phi) is 6.93. The number of hydrogen-bond donors (Lipinski definition) is 4. The van der Waals surface area contributed by atoms with E-state index in [0.717, 1.165) is 77.8 Å². The Morgan fingerprint density at radius 2 is 2.09 bits per heavy atom. The van der Waals surface area contributed by atoms with Crippen LogP contribution < -0.4 is 16.0 Å². The molecule has 1 atom stereocenters. The summed E-state index contributed by atoms with van der Waals surface area (Å²) >= 11 is 2.83. The van der Waals surface area contributed by atoms with Gasteiger partial charge in [0.15, 0.2) is 0 Å². The lowest BCUT2D eigenvalue weighted by Crippen LogP contribution is -2.44. The number of piperidine rings is 1. The number of aliphatic hydroxyl groups is 1. The highest BCUT2D eigenvalue weighted by atomic mass is 32.1. The Morgan fingerprint density at radius 3 is 2.83 bits per heavy atom. The second kappa shape index (κ2) is 10.1. The van der Waals surface area contributed by atoms with Crippen molar-refractivity contribution in [1.82, 2.24) is 10.3 Å². The normalized spacial score (nSPS) is 15.8. The molecular formula is C26H30N4O3S2. The van der Waals surface area contributed by atoms with E-state index in [0.29, 0.717) is 23.1 Å². The third kappa shape index (κ3) is 4.73. The number of nitrogens with two attached hydrogens (primary N) is 1. The molecule has 0 saturated carbocycles. The molecule has 1 fully saturated rings. The first-order valence-corrected chi connectivity index (χ1v) is 13.7. The topological polar surface area (TPSA) is 112 Å². The van der Waals surface area contributed by atoms with E-state index < -0.39 is 12.1 Å². The number of hydrogen-bond acceptors (Lipinski definition) is 8. The highest BCUT2D eigenvalue weighted by Gasteiger charge is 2.24. The number of carboxylic acids is 1. The first-order chi connectivity index (χ1) is 17.0. The first kappa shape index (κ1) is 24.0. The van der Waals surface area contributed by atoms with Crippen molar-refractivity contribution in [2.75, 3.05) is 30.3 Å². The van der Waals surface area contributed by atoms with Crippen molar-refractivity contribution in [1.29, 1.82) is 0 Å². The number of nitrogen functional groups attached to an aromatic ring is 1. The summed E-state index contributed by atoms with van der Waals surface area (Å²) in [6.07, 6.45) is 3.15. The van der Waals surface area contributed by atoms with Gasteiger partial charge in [-0.25, -0.2) is 9.78 Å². The van der Waals surface area contributed by atoms with Gasteiger partial charge < -0.3 is 26.2 Å². The number of rotatable bonds is 8. The molecule has 0 aliphatic carbocycles. The van der Waals surface area contributed by atoms with Gasteiger partial charge in [-0.1, -0.05) is 31.5 Å². The zero-order valence-corrected chi connectivity index (χ0v) is 21.3. The molecule has 5 N–H and O–H groups in total. The zero-order valence-electron chi connectivity index (χ0n) is 19.7. The van der Waals surface area contributed by atoms with Crippen LogP contribution in [0, 0.1) is 0 Å². The molecule has 184 valence electrons. The third-order valence-corrected chi connectivity index (χ3v) is 8.84. The molecule has 3 aromatic heterocycles. The summed E-state index contributed by atoms with van der Waals surface area (Å²) in [4.78, 5) is 19.6. The number of nitrogens with zero attached hydrogens (tertiary/aromatic N) is 2. The first-order valence-electron chi connectivity index (χ1n) is 12.0. The smallest absolute Gasteiger partial charge is 0.348 e. The predicted octanol–water partition coefficient (Wildman–Crippen LogP) is 5.04. The molecule has 1 saturated heterocycles. The molecule has 0 bridgehead atoms. The second-order valence-electron chi connectivity index (χ2n) is 9.09. The largest absolute Gasteiger partial charge is 0.477 e. The standard InChI is InChI=1S/C26H30N4O3S2/c1-2-5-15-12-21(29-25-22(15)23(27)24(35-25)26(32)33)30-10-8-16(9-11-30)28-13-19(31)18-14-34-20-7-4-3-6-17(18)20/h3-4,6-7,12,14,16,19,28,31H,2,5,8-11,13,27H2,1H3,(H,32,33). The zero-order chi connectivity index (χ0) is 24.5. The van der Waals surface area contributed by atoms with E-state index in [4.69, 9.17) is 10.7 Å². The van der Waals surface area contributed by atoms with Gasteiger partial charge in [0.05, 0.1) is 11.8 Å². The van der Waals surface area contributed by atoms with Gasteiger partial charge in [0, 0.05) is 41.3 Å². The van der Waals surface area contributed by atoms with Gasteiger partial charge in [0.25, 0.3) is 0 Å². The van der Waals surface area contributed by atoms with Crippen LogP contribution >= 0.6 is 22.7 Å². The van der Waals surface area contributed by atoms with Crippen molar-refractivity contribution >= 4 is 60.5 Å². The lowest BCUT2D eigenvalue weighted by atomic mass is 10.0. The van der Waals surface area contributed by atoms with Crippen molar-refractivity contribution in [3.8, 4) is 0 Å². The summed E-state index contributed by atoms with van der Waals surface area (Å²) in [6, 6.07) is 10.6. The minimum atomic E-state index is -1.00. The number of benzene rings is 1. The number of pyridine rings is 1. The van der Waals surface area contributed by atoms with E-state index in [1.54, 1.807) is 11.3 Å². The highest BCUT2D eigenvalue weighted by Crippen LogP contribution is 2.38. The van der Waals surface area contributed by atoms with Gasteiger partial charge in [-0.2, -0.15) is 0 Å². The van der Waals surface area contributed by atoms with E-state index in [2.05, 4.69) is 40.7 Å². The van der Waals surface area contributed by atoms with Crippen molar-refractivity contribution in [2.45, 2.75) is 44.8 Å². The summed E-state index contributed by atoms with van der Waals surface area (Å²) in [6.45, 7) is 4.34. The van der Waals surface area contributed by atoms with Crippen LogP contribution in [-0.2, 0) is 6.42 Å². The van der Waals surface area contributed by atoms with Gasteiger partial charge in [0.2, 0.25) is 0 Å². The van der Waals surface area contributed by atoms with Crippen LogP contribution in [0.15, 0.2) is 35.7 Å². The molecule has 0 spiro atoms. The van der Waals surface area contributed by atoms with Crippen molar-refractivity contribution in [3.05, 3.63) is 51.7 Å². The van der Waals surface area contributed by atoms with Gasteiger partial charge in [0.1, 0.15) is 15.5 Å². The SMILES string of the molecule is CCCc1cc(N2CCC(NCC(O)c3csc4ccccc34)CC2)nc2sc(C(=O)O)c(N)c12. The average molecular weight is 511 g/mol. The van der Waals surface area contributed by atoms with Gasteiger partial charge in [-0.05, 0) is 47.7 Å². The minimum absolute atomic E-state index is 0.168. The fraction of sp³-hybridized carbons (Fsp3) is 0.385.